The minimum atomic E-state index is -0.204. The molecular weight excluding hydrogens is 239 g/mol. The molecule has 0 radical (unpaired) electrons. The van der Waals surface area contributed by atoms with Crippen molar-refractivity contribution in [2.45, 2.75) is 20.0 Å². The summed E-state index contributed by atoms with van der Waals surface area (Å²) in [5, 5.41) is 0. The quantitative estimate of drug-likeness (QED) is 0.912. The zero-order valence-corrected chi connectivity index (χ0v) is 11.4. The Kier molecular flexibility index (Phi) is 4.17. The maximum Gasteiger partial charge on any atom is 0.123 e. The highest BCUT2D eigenvalue weighted by Crippen LogP contribution is 2.22. The van der Waals surface area contributed by atoms with E-state index in [4.69, 9.17) is 5.73 Å². The van der Waals surface area contributed by atoms with Gasteiger partial charge in [-0.3, -0.25) is 0 Å². The summed E-state index contributed by atoms with van der Waals surface area (Å²) >= 11 is 0. The van der Waals surface area contributed by atoms with E-state index in [1.165, 1.54) is 17.7 Å². The Morgan fingerprint density at radius 2 is 1.79 bits per heavy atom. The van der Waals surface area contributed by atoms with Gasteiger partial charge in [0.25, 0.3) is 0 Å². The summed E-state index contributed by atoms with van der Waals surface area (Å²) in [6.45, 7) is 3.31. The van der Waals surface area contributed by atoms with E-state index in [1.807, 2.05) is 19.2 Å². The van der Waals surface area contributed by atoms with Crippen molar-refractivity contribution in [3.8, 4) is 0 Å². The number of anilines is 1. The molecule has 0 amide bonds. The molecule has 0 aliphatic heterocycles. The number of halogens is 1. The second kappa shape index (κ2) is 5.85. The molecule has 2 aromatic rings. The highest BCUT2D eigenvalue weighted by molar-refractivity contribution is 5.54. The highest BCUT2D eigenvalue weighted by atomic mass is 19.1. The maximum atomic E-state index is 12.9. The predicted molar refractivity (Wildman–Crippen MR) is 77.6 cm³/mol. The van der Waals surface area contributed by atoms with Gasteiger partial charge in [0.05, 0.1) is 0 Å². The van der Waals surface area contributed by atoms with Crippen molar-refractivity contribution in [1.82, 2.24) is 0 Å². The zero-order valence-electron chi connectivity index (χ0n) is 11.4. The Labute approximate surface area is 113 Å². The molecule has 0 heterocycles. The van der Waals surface area contributed by atoms with Crippen molar-refractivity contribution in [3.05, 3.63) is 65.0 Å². The first kappa shape index (κ1) is 13.6. The molecule has 2 rings (SSSR count). The van der Waals surface area contributed by atoms with Gasteiger partial charge in [0.2, 0.25) is 0 Å². The SMILES string of the molecule is Cc1ccc(N(C)Cc2ccc(F)cc2)c(CN)c1. The van der Waals surface area contributed by atoms with Gasteiger partial charge < -0.3 is 10.6 Å². The summed E-state index contributed by atoms with van der Waals surface area (Å²) < 4.78 is 12.9. The number of nitrogens with zero attached hydrogens (tertiary/aromatic N) is 1. The summed E-state index contributed by atoms with van der Waals surface area (Å²) in [6, 6.07) is 12.9. The molecule has 0 aromatic heterocycles. The Morgan fingerprint density at radius 1 is 1.11 bits per heavy atom. The van der Waals surface area contributed by atoms with Crippen LogP contribution in [0.15, 0.2) is 42.5 Å². The Hall–Kier alpha value is -1.87. The summed E-state index contributed by atoms with van der Waals surface area (Å²) in [5.74, 6) is -0.204. The van der Waals surface area contributed by atoms with Crippen molar-refractivity contribution >= 4 is 5.69 Å². The van der Waals surface area contributed by atoms with Crippen LogP contribution in [0, 0.1) is 12.7 Å². The summed E-state index contributed by atoms with van der Waals surface area (Å²) in [7, 11) is 2.02. The highest BCUT2D eigenvalue weighted by Gasteiger charge is 2.07. The van der Waals surface area contributed by atoms with E-state index >= 15 is 0 Å². The lowest BCUT2D eigenvalue weighted by atomic mass is 10.1. The average molecular weight is 258 g/mol. The first-order valence-corrected chi connectivity index (χ1v) is 6.35. The van der Waals surface area contributed by atoms with Crippen molar-refractivity contribution in [2.24, 2.45) is 5.73 Å². The number of hydrogen-bond acceptors (Lipinski definition) is 2. The predicted octanol–water partition coefficient (Wildman–Crippen LogP) is 3.23. The van der Waals surface area contributed by atoms with Crippen molar-refractivity contribution in [1.29, 1.82) is 0 Å². The molecule has 0 atom stereocenters. The number of rotatable bonds is 4. The van der Waals surface area contributed by atoms with Crippen LogP contribution in [-0.2, 0) is 13.1 Å². The lowest BCUT2D eigenvalue weighted by molar-refractivity contribution is 0.627. The molecule has 2 N–H and O–H groups in total. The van der Waals surface area contributed by atoms with Gasteiger partial charge in [0.1, 0.15) is 5.82 Å². The van der Waals surface area contributed by atoms with Crippen LogP contribution < -0.4 is 10.6 Å². The van der Waals surface area contributed by atoms with Crippen molar-refractivity contribution in [3.63, 3.8) is 0 Å². The topological polar surface area (TPSA) is 29.3 Å². The molecule has 0 aliphatic rings. The number of benzene rings is 2. The Morgan fingerprint density at radius 3 is 2.42 bits per heavy atom. The van der Waals surface area contributed by atoms with Gasteiger partial charge >= 0.3 is 0 Å². The molecule has 2 nitrogen and oxygen atoms in total. The van der Waals surface area contributed by atoms with Gasteiger partial charge in [-0.1, -0.05) is 29.8 Å². The normalized spacial score (nSPS) is 10.5. The molecule has 0 saturated carbocycles. The lowest BCUT2D eigenvalue weighted by Crippen LogP contribution is -2.19. The third-order valence-corrected chi connectivity index (χ3v) is 3.20. The Balaban J connectivity index is 2.19. The zero-order chi connectivity index (χ0) is 13.8. The van der Waals surface area contributed by atoms with Gasteiger partial charge in [-0.25, -0.2) is 4.39 Å². The van der Waals surface area contributed by atoms with E-state index in [0.717, 1.165) is 23.4 Å². The van der Waals surface area contributed by atoms with E-state index in [2.05, 4.69) is 30.0 Å². The molecule has 0 aliphatic carbocycles. The van der Waals surface area contributed by atoms with Crippen LogP contribution >= 0.6 is 0 Å². The summed E-state index contributed by atoms with van der Waals surface area (Å²) in [6.07, 6.45) is 0. The van der Waals surface area contributed by atoms with Gasteiger partial charge in [-0.2, -0.15) is 0 Å². The van der Waals surface area contributed by atoms with E-state index in [1.54, 1.807) is 0 Å². The maximum absolute atomic E-state index is 12.9. The fraction of sp³-hybridized carbons (Fsp3) is 0.250. The van der Waals surface area contributed by atoms with E-state index in [0.29, 0.717) is 6.54 Å². The Bertz CT molecular complexity index is 549. The molecule has 0 unspecified atom stereocenters. The smallest absolute Gasteiger partial charge is 0.123 e. The van der Waals surface area contributed by atoms with Crippen LogP contribution in [-0.4, -0.2) is 7.05 Å². The van der Waals surface area contributed by atoms with E-state index in [-0.39, 0.29) is 5.82 Å². The first-order valence-electron chi connectivity index (χ1n) is 6.35. The van der Waals surface area contributed by atoms with Crippen molar-refractivity contribution < 1.29 is 4.39 Å². The van der Waals surface area contributed by atoms with E-state index < -0.39 is 0 Å². The molecular formula is C16H19FN2. The monoisotopic (exact) mass is 258 g/mol. The second-order valence-corrected chi connectivity index (χ2v) is 4.82. The van der Waals surface area contributed by atoms with Crippen LogP contribution in [0.5, 0.6) is 0 Å². The van der Waals surface area contributed by atoms with Crippen LogP contribution in [0.1, 0.15) is 16.7 Å². The van der Waals surface area contributed by atoms with Gasteiger partial charge in [0, 0.05) is 25.8 Å². The summed E-state index contributed by atoms with van der Waals surface area (Å²) in [5.41, 5.74) is 10.3. The summed E-state index contributed by atoms with van der Waals surface area (Å²) in [4.78, 5) is 2.13. The number of aryl methyl sites for hydroxylation is 1. The molecule has 2 aromatic carbocycles. The van der Waals surface area contributed by atoms with Gasteiger partial charge in [-0.05, 0) is 36.2 Å². The molecule has 0 spiro atoms. The molecule has 0 fully saturated rings. The third-order valence-electron chi connectivity index (χ3n) is 3.20. The minimum Gasteiger partial charge on any atom is -0.370 e. The van der Waals surface area contributed by atoms with E-state index in [9.17, 15) is 4.39 Å². The average Bonchev–Trinajstić information content (AvgIpc) is 2.41. The molecule has 3 heteroatoms. The lowest BCUT2D eigenvalue weighted by Gasteiger charge is -2.22. The van der Waals surface area contributed by atoms with Gasteiger partial charge in [-0.15, -0.1) is 0 Å². The molecule has 0 bridgehead atoms. The molecule has 19 heavy (non-hydrogen) atoms. The molecule has 0 saturated heterocycles. The fourth-order valence-electron chi connectivity index (χ4n) is 2.20. The first-order chi connectivity index (χ1) is 9.10. The number of hydrogen-bond donors (Lipinski definition) is 1. The number of nitrogens with two attached hydrogens (primary N) is 1. The third kappa shape index (κ3) is 3.32. The minimum absolute atomic E-state index is 0.204. The van der Waals surface area contributed by atoms with Crippen LogP contribution in [0.2, 0.25) is 0 Å². The standard InChI is InChI=1S/C16H19FN2/c1-12-3-8-16(14(9-12)10-18)19(2)11-13-4-6-15(17)7-5-13/h3-9H,10-11,18H2,1-2H3. The van der Waals surface area contributed by atoms with Crippen LogP contribution in [0.25, 0.3) is 0 Å². The van der Waals surface area contributed by atoms with Gasteiger partial charge in [0.15, 0.2) is 0 Å². The largest absolute Gasteiger partial charge is 0.370 e. The van der Waals surface area contributed by atoms with Crippen LogP contribution in [0.4, 0.5) is 10.1 Å². The molecule has 100 valence electrons. The van der Waals surface area contributed by atoms with Crippen LogP contribution in [0.3, 0.4) is 0 Å². The fourth-order valence-corrected chi connectivity index (χ4v) is 2.20. The second-order valence-electron chi connectivity index (χ2n) is 4.82. The van der Waals surface area contributed by atoms with Crippen molar-refractivity contribution in [2.75, 3.05) is 11.9 Å².